The van der Waals surface area contributed by atoms with Gasteiger partial charge in [0.05, 0.1) is 20.6 Å². The summed E-state index contributed by atoms with van der Waals surface area (Å²) in [5.74, 6) is -0.330. The molecule has 4 heteroatoms. The molecule has 0 fully saturated rings. The number of rotatable bonds is 16. The predicted molar refractivity (Wildman–Crippen MR) is 104 cm³/mol. The van der Waals surface area contributed by atoms with Crippen molar-refractivity contribution in [2.45, 2.75) is 97.1 Å². The number of nitrogens with zero attached hydrogens (tertiary/aromatic N) is 1. The molecule has 0 aromatic carbocycles. The van der Waals surface area contributed by atoms with Crippen molar-refractivity contribution in [2.75, 3.05) is 20.6 Å². The number of unbranched alkanes of at least 4 members (excludes halogenated alkanes) is 11. The molecule has 0 aromatic heterocycles. The molecule has 0 bridgehead atoms. The van der Waals surface area contributed by atoms with Gasteiger partial charge in [-0.1, -0.05) is 77.7 Å². The lowest BCUT2D eigenvalue weighted by Crippen LogP contribution is -3.00. The first-order valence-electron chi connectivity index (χ1n) is 10.1. The van der Waals surface area contributed by atoms with Crippen molar-refractivity contribution >= 4 is 5.97 Å². The van der Waals surface area contributed by atoms with E-state index in [0.717, 1.165) is 11.0 Å². The topological polar surface area (TPSA) is 26.3 Å². The van der Waals surface area contributed by atoms with E-state index in [1.54, 1.807) is 0 Å². The molecule has 0 aliphatic carbocycles. The third-order valence-electron chi connectivity index (χ3n) is 5.03. The van der Waals surface area contributed by atoms with Crippen LogP contribution in [0.5, 0.6) is 0 Å². The number of carbonyl (C=O) groups excluding carboxylic acids is 1. The average molecular weight is 420 g/mol. The van der Waals surface area contributed by atoms with E-state index in [1.807, 2.05) is 6.92 Å². The van der Waals surface area contributed by atoms with Gasteiger partial charge in [0.1, 0.15) is 0 Å². The molecule has 0 radical (unpaired) electrons. The molecule has 0 aromatic rings. The lowest BCUT2D eigenvalue weighted by molar-refractivity contribution is -0.932. The van der Waals surface area contributed by atoms with Crippen molar-refractivity contribution in [1.82, 2.24) is 0 Å². The number of halogens is 1. The quantitative estimate of drug-likeness (QED) is 0.126. The van der Waals surface area contributed by atoms with Gasteiger partial charge in [-0.15, -0.1) is 0 Å². The summed E-state index contributed by atoms with van der Waals surface area (Å²) in [7, 11) is 4.25. The number of quaternary nitrogens is 1. The van der Waals surface area contributed by atoms with Crippen LogP contribution in [0, 0.1) is 0 Å². The summed E-state index contributed by atoms with van der Waals surface area (Å²) in [5, 5.41) is 0. The van der Waals surface area contributed by atoms with E-state index in [-0.39, 0.29) is 29.2 Å². The summed E-state index contributed by atoms with van der Waals surface area (Å²) in [6.07, 6.45) is 17.5. The Hall–Kier alpha value is -0.350. The molecule has 0 heterocycles. The van der Waals surface area contributed by atoms with Gasteiger partial charge in [-0.3, -0.25) is 4.48 Å². The fraction of sp³-hybridized carbons (Fsp3) is 0.857. The molecule has 1 atom stereocenters. The predicted octanol–water partition coefficient (Wildman–Crippen LogP) is 2.84. The van der Waals surface area contributed by atoms with Crippen molar-refractivity contribution in [3.63, 3.8) is 0 Å². The fourth-order valence-corrected chi connectivity index (χ4v) is 2.90. The number of ether oxygens (including phenoxy) is 1. The minimum atomic E-state index is -0.330. The maximum atomic E-state index is 11.3. The summed E-state index contributed by atoms with van der Waals surface area (Å²) < 4.78 is 6.06. The number of carbonyl (C=O) groups is 1. The van der Waals surface area contributed by atoms with E-state index >= 15 is 0 Å². The zero-order chi connectivity index (χ0) is 18.3. The third kappa shape index (κ3) is 15.6. The smallest absolute Gasteiger partial charge is 0.334 e. The van der Waals surface area contributed by atoms with Gasteiger partial charge in [-0.05, 0) is 12.8 Å². The van der Waals surface area contributed by atoms with Crippen LogP contribution in [0.4, 0.5) is 0 Å². The Labute approximate surface area is 167 Å². The molecule has 0 spiro atoms. The van der Waals surface area contributed by atoms with E-state index in [9.17, 15) is 4.79 Å². The normalized spacial score (nSPS) is 12.3. The first-order chi connectivity index (χ1) is 11.4. The van der Waals surface area contributed by atoms with Crippen molar-refractivity contribution in [3.8, 4) is 0 Å². The molecule has 0 amide bonds. The van der Waals surface area contributed by atoms with Crippen molar-refractivity contribution in [3.05, 3.63) is 12.7 Å². The van der Waals surface area contributed by atoms with Crippen LogP contribution in [0.1, 0.15) is 90.9 Å². The van der Waals surface area contributed by atoms with Crippen molar-refractivity contribution in [1.29, 1.82) is 0 Å². The number of hydrogen-bond acceptors (Lipinski definition) is 2. The van der Waals surface area contributed by atoms with Gasteiger partial charge in [0.25, 0.3) is 0 Å². The Balaban J connectivity index is 0. The van der Waals surface area contributed by atoms with E-state index in [1.165, 1.54) is 83.1 Å². The van der Waals surface area contributed by atoms with Crippen molar-refractivity contribution in [2.24, 2.45) is 0 Å². The molecular formula is C21H42BrNO2. The Morgan fingerprint density at radius 3 is 1.72 bits per heavy atom. The summed E-state index contributed by atoms with van der Waals surface area (Å²) >= 11 is 0. The maximum absolute atomic E-state index is 11.3. The lowest BCUT2D eigenvalue weighted by Gasteiger charge is -2.34. The molecule has 0 saturated heterocycles. The van der Waals surface area contributed by atoms with Gasteiger partial charge < -0.3 is 21.7 Å². The zero-order valence-corrected chi connectivity index (χ0v) is 18.8. The van der Waals surface area contributed by atoms with Gasteiger partial charge in [-0.2, -0.15) is 0 Å². The average Bonchev–Trinajstić information content (AvgIpc) is 2.55. The highest BCUT2D eigenvalue weighted by Crippen LogP contribution is 2.14. The fourth-order valence-electron chi connectivity index (χ4n) is 2.90. The van der Waals surface area contributed by atoms with Gasteiger partial charge in [0.15, 0.2) is 0 Å². The Bertz CT molecular complexity index is 332. The Morgan fingerprint density at radius 1 is 0.920 bits per heavy atom. The molecule has 0 saturated carbocycles. The molecule has 0 aliphatic heterocycles. The Kier molecular flexibility index (Phi) is 18.4. The van der Waals surface area contributed by atoms with Gasteiger partial charge >= 0.3 is 5.97 Å². The van der Waals surface area contributed by atoms with Gasteiger partial charge in [0, 0.05) is 13.0 Å². The SMILES string of the molecule is C=CC(=O)OC(C)[N+](C)(C)CCCCCCCCCCCCCC.[Br-]. The summed E-state index contributed by atoms with van der Waals surface area (Å²) in [5.41, 5.74) is 0. The molecule has 1 unspecified atom stereocenters. The monoisotopic (exact) mass is 419 g/mol. The van der Waals surface area contributed by atoms with Crippen LogP contribution >= 0.6 is 0 Å². The van der Waals surface area contributed by atoms with Crippen LogP contribution in [0.3, 0.4) is 0 Å². The lowest BCUT2D eigenvalue weighted by atomic mass is 10.1. The molecule has 0 rings (SSSR count). The van der Waals surface area contributed by atoms with E-state index in [4.69, 9.17) is 4.74 Å². The largest absolute Gasteiger partial charge is 1.00 e. The van der Waals surface area contributed by atoms with E-state index in [2.05, 4.69) is 27.6 Å². The van der Waals surface area contributed by atoms with Gasteiger partial charge in [-0.25, -0.2) is 4.79 Å². The maximum Gasteiger partial charge on any atom is 0.334 e. The molecule has 0 aliphatic rings. The number of hydrogen-bond donors (Lipinski definition) is 0. The van der Waals surface area contributed by atoms with E-state index < -0.39 is 0 Å². The molecular weight excluding hydrogens is 378 g/mol. The molecule has 25 heavy (non-hydrogen) atoms. The van der Waals surface area contributed by atoms with Crippen LogP contribution in [-0.4, -0.2) is 37.3 Å². The molecule has 150 valence electrons. The highest BCUT2D eigenvalue weighted by molar-refractivity contribution is 5.81. The summed E-state index contributed by atoms with van der Waals surface area (Å²) in [6, 6.07) is 0. The zero-order valence-electron chi connectivity index (χ0n) is 17.2. The van der Waals surface area contributed by atoms with Crippen LogP contribution in [0.2, 0.25) is 0 Å². The Morgan fingerprint density at radius 2 is 1.32 bits per heavy atom. The minimum absolute atomic E-state index is 0. The molecule has 3 nitrogen and oxygen atoms in total. The standard InChI is InChI=1S/C21H42NO2.BrH/c1-6-8-9-10-11-12-13-14-15-16-17-18-19-22(4,5)20(3)24-21(23)7-2;/h7,20H,2,6,8-19H2,1,3-5H3;1H/q+1;/p-1. The van der Waals surface area contributed by atoms with Crippen LogP contribution < -0.4 is 17.0 Å². The first-order valence-corrected chi connectivity index (χ1v) is 10.1. The molecule has 0 N–H and O–H groups in total. The van der Waals surface area contributed by atoms with Crippen LogP contribution in [0.15, 0.2) is 12.7 Å². The second-order valence-corrected chi connectivity index (χ2v) is 7.63. The minimum Gasteiger partial charge on any atom is -1.00 e. The number of esters is 1. The highest BCUT2D eigenvalue weighted by Gasteiger charge is 2.25. The van der Waals surface area contributed by atoms with Crippen LogP contribution in [0.25, 0.3) is 0 Å². The second-order valence-electron chi connectivity index (χ2n) is 7.63. The van der Waals surface area contributed by atoms with Gasteiger partial charge in [0.2, 0.25) is 6.23 Å². The third-order valence-corrected chi connectivity index (χ3v) is 5.03. The van der Waals surface area contributed by atoms with Crippen LogP contribution in [-0.2, 0) is 9.53 Å². The first kappa shape index (κ1) is 26.9. The summed E-state index contributed by atoms with van der Waals surface area (Å²) in [6.45, 7) is 8.73. The highest BCUT2D eigenvalue weighted by atomic mass is 79.9. The van der Waals surface area contributed by atoms with Crippen molar-refractivity contribution < 1.29 is 31.0 Å². The van der Waals surface area contributed by atoms with E-state index in [0.29, 0.717) is 0 Å². The second kappa shape index (κ2) is 17.1. The summed E-state index contributed by atoms with van der Waals surface area (Å²) in [4.78, 5) is 11.3.